The molecule has 0 aromatic heterocycles. The summed E-state index contributed by atoms with van der Waals surface area (Å²) in [4.78, 5) is 12.6. The first-order valence-corrected chi connectivity index (χ1v) is 6.00. The van der Waals surface area contributed by atoms with E-state index < -0.39 is 11.8 Å². The van der Waals surface area contributed by atoms with Crippen molar-refractivity contribution in [3.63, 3.8) is 0 Å². The Morgan fingerprint density at radius 2 is 2.17 bits per heavy atom. The fraction of sp³-hybridized carbons (Fsp3) is 0.462. The van der Waals surface area contributed by atoms with Crippen LogP contribution in [0.5, 0.6) is 5.75 Å². The maximum absolute atomic E-state index is 13.3. The summed E-state index contributed by atoms with van der Waals surface area (Å²) in [6, 6.07) is 6.56. The van der Waals surface area contributed by atoms with Crippen molar-refractivity contribution in [3.8, 4) is 5.75 Å². The molecule has 1 aromatic carbocycles. The number of rotatable bonds is 7. The zero-order valence-electron chi connectivity index (χ0n) is 10.0. The Hall–Kier alpha value is -1.62. The van der Waals surface area contributed by atoms with Gasteiger partial charge in [-0.15, -0.1) is 0 Å². The van der Waals surface area contributed by atoms with Crippen LogP contribution in [0.1, 0.15) is 12.8 Å². The first-order chi connectivity index (χ1) is 8.66. The normalized spacial score (nSPS) is 14.8. The molecule has 0 atom stereocenters. The molecule has 2 rings (SSSR count). The molecule has 4 nitrogen and oxygen atoms in total. The van der Waals surface area contributed by atoms with Gasteiger partial charge in [-0.25, -0.2) is 4.39 Å². The third-order valence-corrected chi connectivity index (χ3v) is 2.87. The molecule has 0 amide bonds. The molecule has 1 N–H and O–H groups in total. The van der Waals surface area contributed by atoms with E-state index in [1.54, 1.807) is 18.2 Å². The van der Waals surface area contributed by atoms with E-state index in [0.29, 0.717) is 19.2 Å². The second-order valence-corrected chi connectivity index (χ2v) is 4.37. The summed E-state index contributed by atoms with van der Waals surface area (Å²) in [7, 11) is 0. The van der Waals surface area contributed by atoms with Gasteiger partial charge in [0, 0.05) is 12.6 Å². The van der Waals surface area contributed by atoms with Crippen LogP contribution in [-0.4, -0.2) is 41.7 Å². The fourth-order valence-corrected chi connectivity index (χ4v) is 1.84. The number of hydrogen-bond acceptors (Lipinski definition) is 3. The van der Waals surface area contributed by atoms with Gasteiger partial charge in [0.15, 0.2) is 11.6 Å². The van der Waals surface area contributed by atoms with Crippen LogP contribution < -0.4 is 4.74 Å². The highest BCUT2D eigenvalue weighted by Gasteiger charge is 2.29. The zero-order chi connectivity index (χ0) is 13.0. The Kier molecular flexibility index (Phi) is 4.15. The van der Waals surface area contributed by atoms with E-state index in [1.165, 1.54) is 6.07 Å². The minimum Gasteiger partial charge on any atom is -0.489 e. The Bertz CT molecular complexity index is 420. The SMILES string of the molecule is O=C(O)CN(CCOc1ccccc1F)C1CC1. The monoisotopic (exact) mass is 253 g/mol. The van der Waals surface area contributed by atoms with Crippen LogP contribution in [0.4, 0.5) is 4.39 Å². The maximum Gasteiger partial charge on any atom is 0.317 e. The number of benzene rings is 1. The van der Waals surface area contributed by atoms with Crippen molar-refractivity contribution in [2.75, 3.05) is 19.7 Å². The minimum absolute atomic E-state index is 0.0191. The van der Waals surface area contributed by atoms with E-state index in [-0.39, 0.29) is 12.3 Å². The number of carboxylic acids is 1. The lowest BCUT2D eigenvalue weighted by Crippen LogP contribution is -2.35. The topological polar surface area (TPSA) is 49.8 Å². The van der Waals surface area contributed by atoms with Gasteiger partial charge in [0.1, 0.15) is 6.61 Å². The summed E-state index contributed by atoms with van der Waals surface area (Å²) in [5.74, 6) is -1.02. The van der Waals surface area contributed by atoms with Gasteiger partial charge >= 0.3 is 5.97 Å². The molecule has 1 fully saturated rings. The van der Waals surface area contributed by atoms with E-state index in [9.17, 15) is 9.18 Å². The number of halogens is 1. The smallest absolute Gasteiger partial charge is 0.317 e. The quantitative estimate of drug-likeness (QED) is 0.804. The molecule has 0 spiro atoms. The Morgan fingerprint density at radius 3 is 2.78 bits per heavy atom. The Labute approximate surface area is 105 Å². The van der Waals surface area contributed by atoms with E-state index in [2.05, 4.69) is 0 Å². The van der Waals surface area contributed by atoms with Gasteiger partial charge in [0.2, 0.25) is 0 Å². The number of aliphatic carboxylic acids is 1. The van der Waals surface area contributed by atoms with E-state index >= 15 is 0 Å². The van der Waals surface area contributed by atoms with Gasteiger partial charge in [0.05, 0.1) is 6.54 Å². The third-order valence-electron chi connectivity index (χ3n) is 2.87. The summed E-state index contributed by atoms with van der Waals surface area (Å²) in [6.07, 6.45) is 2.07. The highest BCUT2D eigenvalue weighted by Crippen LogP contribution is 2.26. The number of para-hydroxylation sites is 1. The van der Waals surface area contributed by atoms with Gasteiger partial charge < -0.3 is 9.84 Å². The molecular weight excluding hydrogens is 237 g/mol. The summed E-state index contributed by atoms with van der Waals surface area (Å²) in [6.45, 7) is 0.821. The standard InChI is InChI=1S/C13H16FNO3/c14-11-3-1-2-4-12(11)18-8-7-15(9-13(16)17)10-5-6-10/h1-4,10H,5-9H2,(H,16,17). The summed E-state index contributed by atoms with van der Waals surface area (Å²) < 4.78 is 18.6. The molecule has 0 saturated heterocycles. The van der Waals surface area contributed by atoms with Crippen LogP contribution in [0.25, 0.3) is 0 Å². The Balaban J connectivity index is 1.79. The highest BCUT2D eigenvalue weighted by atomic mass is 19.1. The number of hydrogen-bond donors (Lipinski definition) is 1. The second-order valence-electron chi connectivity index (χ2n) is 4.37. The number of ether oxygens (including phenoxy) is 1. The first kappa shape index (κ1) is 12.8. The third kappa shape index (κ3) is 3.70. The van der Waals surface area contributed by atoms with Crippen molar-refractivity contribution in [1.29, 1.82) is 0 Å². The van der Waals surface area contributed by atoms with Gasteiger partial charge in [-0.05, 0) is 25.0 Å². The van der Waals surface area contributed by atoms with Crippen molar-refractivity contribution >= 4 is 5.97 Å². The minimum atomic E-state index is -0.840. The van der Waals surface area contributed by atoms with Gasteiger partial charge in [-0.2, -0.15) is 0 Å². The second kappa shape index (κ2) is 5.82. The number of nitrogens with zero attached hydrogens (tertiary/aromatic N) is 1. The molecule has 5 heteroatoms. The Morgan fingerprint density at radius 1 is 1.44 bits per heavy atom. The first-order valence-electron chi connectivity index (χ1n) is 6.00. The summed E-state index contributed by atoms with van der Waals surface area (Å²) >= 11 is 0. The molecule has 0 bridgehead atoms. The lowest BCUT2D eigenvalue weighted by Gasteiger charge is -2.19. The fourth-order valence-electron chi connectivity index (χ4n) is 1.84. The molecule has 0 radical (unpaired) electrons. The molecule has 1 aliphatic carbocycles. The molecule has 1 aromatic rings. The molecular formula is C13H16FNO3. The maximum atomic E-state index is 13.3. The van der Waals surface area contributed by atoms with Gasteiger partial charge in [0.25, 0.3) is 0 Å². The average molecular weight is 253 g/mol. The van der Waals surface area contributed by atoms with Gasteiger partial charge in [-0.3, -0.25) is 9.69 Å². The van der Waals surface area contributed by atoms with Crippen molar-refractivity contribution < 1.29 is 19.0 Å². The molecule has 1 aliphatic rings. The summed E-state index contributed by atoms with van der Waals surface area (Å²) in [5, 5.41) is 8.78. The highest BCUT2D eigenvalue weighted by molar-refractivity contribution is 5.69. The molecule has 98 valence electrons. The summed E-state index contributed by atoms with van der Waals surface area (Å²) in [5.41, 5.74) is 0. The van der Waals surface area contributed by atoms with E-state index in [1.807, 2.05) is 4.90 Å². The van der Waals surface area contributed by atoms with Crippen molar-refractivity contribution in [2.24, 2.45) is 0 Å². The number of carbonyl (C=O) groups is 1. The van der Waals surface area contributed by atoms with Crippen LogP contribution in [-0.2, 0) is 4.79 Å². The predicted molar refractivity (Wildman–Crippen MR) is 64.1 cm³/mol. The van der Waals surface area contributed by atoms with Crippen LogP contribution >= 0.6 is 0 Å². The molecule has 0 unspecified atom stereocenters. The number of carboxylic acid groups (broad SMARTS) is 1. The van der Waals surface area contributed by atoms with Crippen molar-refractivity contribution in [2.45, 2.75) is 18.9 Å². The average Bonchev–Trinajstić information content (AvgIpc) is 3.14. The van der Waals surface area contributed by atoms with E-state index in [4.69, 9.17) is 9.84 Å². The van der Waals surface area contributed by atoms with Crippen LogP contribution in [0.2, 0.25) is 0 Å². The van der Waals surface area contributed by atoms with Crippen molar-refractivity contribution in [1.82, 2.24) is 4.90 Å². The largest absolute Gasteiger partial charge is 0.489 e. The lowest BCUT2D eigenvalue weighted by atomic mass is 10.3. The van der Waals surface area contributed by atoms with E-state index in [0.717, 1.165) is 12.8 Å². The predicted octanol–water partition coefficient (Wildman–Crippen LogP) is 1.75. The van der Waals surface area contributed by atoms with Crippen LogP contribution in [0, 0.1) is 5.82 Å². The molecule has 0 heterocycles. The van der Waals surface area contributed by atoms with Crippen molar-refractivity contribution in [3.05, 3.63) is 30.1 Å². The molecule has 1 saturated carbocycles. The van der Waals surface area contributed by atoms with Crippen LogP contribution in [0.15, 0.2) is 24.3 Å². The lowest BCUT2D eigenvalue weighted by molar-refractivity contribution is -0.138. The zero-order valence-corrected chi connectivity index (χ0v) is 10.0. The van der Waals surface area contributed by atoms with Crippen LogP contribution in [0.3, 0.4) is 0 Å². The molecule has 0 aliphatic heterocycles. The van der Waals surface area contributed by atoms with Gasteiger partial charge in [-0.1, -0.05) is 12.1 Å². The molecule has 18 heavy (non-hydrogen) atoms.